The maximum absolute atomic E-state index is 3.16. The van der Waals surface area contributed by atoms with E-state index in [4.69, 9.17) is 0 Å². The molecule has 0 amide bonds. The molecule has 0 spiro atoms. The van der Waals surface area contributed by atoms with E-state index in [0.29, 0.717) is 0 Å². The van der Waals surface area contributed by atoms with Crippen LogP contribution >= 0.6 is 11.8 Å². The average Bonchev–Trinajstić information content (AvgIpc) is 2.38. The molecular formula is C16H19NS. The first-order valence-electron chi connectivity index (χ1n) is 6.20. The highest BCUT2D eigenvalue weighted by Crippen LogP contribution is 2.23. The third-order valence-corrected chi connectivity index (χ3v) is 3.88. The predicted molar refractivity (Wildman–Crippen MR) is 79.9 cm³/mol. The van der Waals surface area contributed by atoms with E-state index >= 15 is 0 Å². The van der Waals surface area contributed by atoms with E-state index in [0.717, 1.165) is 12.3 Å². The van der Waals surface area contributed by atoms with Gasteiger partial charge in [-0.1, -0.05) is 42.0 Å². The lowest BCUT2D eigenvalue weighted by Gasteiger charge is -2.05. The van der Waals surface area contributed by atoms with E-state index in [9.17, 15) is 0 Å². The van der Waals surface area contributed by atoms with Crippen LogP contribution in [0.2, 0.25) is 0 Å². The van der Waals surface area contributed by atoms with Crippen LogP contribution in [0.5, 0.6) is 0 Å². The van der Waals surface area contributed by atoms with E-state index in [-0.39, 0.29) is 0 Å². The molecule has 2 rings (SSSR count). The van der Waals surface area contributed by atoms with E-state index in [1.165, 1.54) is 21.6 Å². The van der Waals surface area contributed by atoms with E-state index in [1.54, 1.807) is 0 Å². The minimum absolute atomic E-state index is 0.933. The van der Waals surface area contributed by atoms with Gasteiger partial charge in [-0.15, -0.1) is 11.8 Å². The summed E-state index contributed by atoms with van der Waals surface area (Å²) in [7, 11) is 1.97. The van der Waals surface area contributed by atoms with Crippen LogP contribution < -0.4 is 5.32 Å². The molecule has 1 nitrogen and oxygen atoms in total. The second-order valence-electron chi connectivity index (χ2n) is 4.45. The van der Waals surface area contributed by atoms with Crippen LogP contribution in [0.4, 0.5) is 0 Å². The second kappa shape index (κ2) is 6.62. The number of benzene rings is 2. The lowest BCUT2D eigenvalue weighted by Crippen LogP contribution is -2.04. The van der Waals surface area contributed by atoms with E-state index in [1.807, 2.05) is 18.8 Å². The van der Waals surface area contributed by atoms with Gasteiger partial charge in [-0.2, -0.15) is 0 Å². The number of hydrogen-bond acceptors (Lipinski definition) is 2. The fourth-order valence-electron chi connectivity index (χ4n) is 1.88. The molecule has 0 bridgehead atoms. The smallest absolute Gasteiger partial charge is 0.0232 e. The fourth-order valence-corrected chi connectivity index (χ4v) is 2.72. The molecule has 0 heterocycles. The Morgan fingerprint density at radius 2 is 1.78 bits per heavy atom. The fraction of sp³-hybridized carbons (Fsp3) is 0.250. The third-order valence-electron chi connectivity index (χ3n) is 2.79. The first-order chi connectivity index (χ1) is 8.78. The maximum Gasteiger partial charge on any atom is 0.0232 e. The number of thioether (sulfide) groups is 1. The van der Waals surface area contributed by atoms with Crippen LogP contribution in [0.15, 0.2) is 53.4 Å². The number of aryl methyl sites for hydroxylation is 1. The summed E-state index contributed by atoms with van der Waals surface area (Å²) in [6.45, 7) is 3.07. The molecule has 94 valence electrons. The van der Waals surface area contributed by atoms with Crippen molar-refractivity contribution in [3.8, 4) is 0 Å². The number of nitrogens with one attached hydrogen (secondary N) is 1. The summed E-state index contributed by atoms with van der Waals surface area (Å²) in [5.74, 6) is 1.03. The molecule has 0 aromatic heterocycles. The van der Waals surface area contributed by atoms with Gasteiger partial charge in [0.1, 0.15) is 0 Å². The van der Waals surface area contributed by atoms with Crippen LogP contribution in [0.1, 0.15) is 16.7 Å². The van der Waals surface area contributed by atoms with Crippen molar-refractivity contribution in [1.29, 1.82) is 0 Å². The van der Waals surface area contributed by atoms with Gasteiger partial charge in [-0.05, 0) is 37.2 Å². The standard InChI is InChI=1S/C16H19NS/c1-13-4-3-5-15(10-13)12-18-16-8-6-14(7-9-16)11-17-2/h3-10,17H,11-12H2,1-2H3. The minimum Gasteiger partial charge on any atom is -0.316 e. The van der Waals surface area contributed by atoms with Crippen LogP contribution in [-0.2, 0) is 12.3 Å². The molecule has 0 aliphatic rings. The topological polar surface area (TPSA) is 12.0 Å². The molecule has 1 N–H and O–H groups in total. The molecule has 2 aromatic carbocycles. The summed E-state index contributed by atoms with van der Waals surface area (Å²) < 4.78 is 0. The Bertz CT molecular complexity index is 491. The molecule has 0 unspecified atom stereocenters. The van der Waals surface area contributed by atoms with Crippen molar-refractivity contribution >= 4 is 11.8 Å². The Balaban J connectivity index is 1.93. The van der Waals surface area contributed by atoms with Gasteiger partial charge < -0.3 is 5.32 Å². The van der Waals surface area contributed by atoms with Gasteiger partial charge in [0.05, 0.1) is 0 Å². The van der Waals surface area contributed by atoms with Gasteiger partial charge in [0.25, 0.3) is 0 Å². The molecule has 18 heavy (non-hydrogen) atoms. The Labute approximate surface area is 114 Å². The van der Waals surface area contributed by atoms with Gasteiger partial charge in [-0.3, -0.25) is 0 Å². The Morgan fingerprint density at radius 3 is 2.44 bits per heavy atom. The highest BCUT2D eigenvalue weighted by Gasteiger charge is 1.97. The van der Waals surface area contributed by atoms with Crippen LogP contribution in [0.25, 0.3) is 0 Å². The van der Waals surface area contributed by atoms with E-state index < -0.39 is 0 Å². The van der Waals surface area contributed by atoms with Gasteiger partial charge in [0.2, 0.25) is 0 Å². The third kappa shape index (κ3) is 3.90. The molecule has 0 fully saturated rings. The van der Waals surface area contributed by atoms with Crippen molar-refractivity contribution in [2.45, 2.75) is 24.1 Å². The largest absolute Gasteiger partial charge is 0.316 e. The Kier molecular flexibility index (Phi) is 4.85. The molecule has 0 aliphatic heterocycles. The monoisotopic (exact) mass is 257 g/mol. The predicted octanol–water partition coefficient (Wildman–Crippen LogP) is 4.01. The summed E-state index contributed by atoms with van der Waals surface area (Å²) in [6.07, 6.45) is 0. The summed E-state index contributed by atoms with van der Waals surface area (Å²) in [4.78, 5) is 1.33. The first kappa shape index (κ1) is 13.2. The highest BCUT2D eigenvalue weighted by atomic mass is 32.2. The first-order valence-corrected chi connectivity index (χ1v) is 7.18. The molecule has 0 saturated heterocycles. The van der Waals surface area contributed by atoms with Crippen molar-refractivity contribution in [3.05, 3.63) is 65.2 Å². The number of rotatable bonds is 5. The van der Waals surface area contributed by atoms with Crippen molar-refractivity contribution in [3.63, 3.8) is 0 Å². The van der Waals surface area contributed by atoms with E-state index in [2.05, 4.69) is 60.8 Å². The zero-order valence-electron chi connectivity index (χ0n) is 10.9. The summed E-state index contributed by atoms with van der Waals surface area (Å²) in [5.41, 5.74) is 4.05. The quantitative estimate of drug-likeness (QED) is 0.812. The maximum atomic E-state index is 3.16. The van der Waals surface area contributed by atoms with Crippen LogP contribution in [-0.4, -0.2) is 7.05 Å². The van der Waals surface area contributed by atoms with Crippen molar-refractivity contribution in [2.75, 3.05) is 7.05 Å². The van der Waals surface area contributed by atoms with Crippen LogP contribution in [0.3, 0.4) is 0 Å². The summed E-state index contributed by atoms with van der Waals surface area (Å²) in [6, 6.07) is 17.5. The molecule has 0 saturated carbocycles. The molecular weight excluding hydrogens is 238 g/mol. The number of hydrogen-bond donors (Lipinski definition) is 1. The SMILES string of the molecule is CNCc1ccc(SCc2cccc(C)c2)cc1. The van der Waals surface area contributed by atoms with Crippen molar-refractivity contribution in [2.24, 2.45) is 0 Å². The molecule has 2 aromatic rings. The van der Waals surface area contributed by atoms with Crippen LogP contribution in [0, 0.1) is 6.92 Å². The van der Waals surface area contributed by atoms with Gasteiger partial charge in [0.15, 0.2) is 0 Å². The minimum atomic E-state index is 0.933. The van der Waals surface area contributed by atoms with Crippen molar-refractivity contribution in [1.82, 2.24) is 5.32 Å². The lowest BCUT2D eigenvalue weighted by molar-refractivity contribution is 0.817. The molecule has 2 heteroatoms. The average molecular weight is 257 g/mol. The molecule has 0 atom stereocenters. The Hall–Kier alpha value is -1.25. The molecule has 0 radical (unpaired) electrons. The zero-order valence-corrected chi connectivity index (χ0v) is 11.8. The Morgan fingerprint density at radius 1 is 1.00 bits per heavy atom. The summed E-state index contributed by atoms with van der Waals surface area (Å²) in [5, 5.41) is 3.16. The van der Waals surface area contributed by atoms with Gasteiger partial charge in [-0.25, -0.2) is 0 Å². The molecule has 0 aliphatic carbocycles. The normalized spacial score (nSPS) is 10.6. The zero-order chi connectivity index (χ0) is 12.8. The second-order valence-corrected chi connectivity index (χ2v) is 5.50. The summed E-state index contributed by atoms with van der Waals surface area (Å²) >= 11 is 1.89. The van der Waals surface area contributed by atoms with Crippen molar-refractivity contribution < 1.29 is 0 Å². The van der Waals surface area contributed by atoms with Gasteiger partial charge >= 0.3 is 0 Å². The van der Waals surface area contributed by atoms with Gasteiger partial charge in [0, 0.05) is 17.2 Å². The lowest BCUT2D eigenvalue weighted by atomic mass is 10.2. The highest BCUT2D eigenvalue weighted by molar-refractivity contribution is 7.98.